The fraction of sp³-hybridized carbons (Fsp3) is 0.133. The van der Waals surface area contributed by atoms with Crippen molar-refractivity contribution < 1.29 is 9.66 Å². The zero-order valence-electron chi connectivity index (χ0n) is 11.7. The summed E-state index contributed by atoms with van der Waals surface area (Å²) in [4.78, 5) is 10.6. The van der Waals surface area contributed by atoms with E-state index in [4.69, 9.17) is 15.9 Å². The highest BCUT2D eigenvalue weighted by Gasteiger charge is 2.18. The van der Waals surface area contributed by atoms with Gasteiger partial charge in [-0.1, -0.05) is 18.2 Å². The van der Waals surface area contributed by atoms with Crippen molar-refractivity contribution in [1.82, 2.24) is 0 Å². The largest absolute Gasteiger partial charge is 0.449 e. The van der Waals surface area contributed by atoms with E-state index in [0.717, 1.165) is 11.1 Å². The molecule has 0 heterocycles. The summed E-state index contributed by atoms with van der Waals surface area (Å²) in [7, 11) is 0. The first-order valence-electron chi connectivity index (χ1n) is 6.27. The summed E-state index contributed by atoms with van der Waals surface area (Å²) in [6.07, 6.45) is 0. The number of aryl methyl sites for hydroxylation is 2. The van der Waals surface area contributed by atoms with Crippen LogP contribution in [-0.2, 0) is 0 Å². The average molecular weight is 285 g/mol. The van der Waals surface area contributed by atoms with Gasteiger partial charge in [-0.25, -0.2) is 0 Å². The third kappa shape index (κ3) is 3.00. The molecule has 0 unspecified atom stereocenters. The van der Waals surface area contributed by atoms with Crippen LogP contribution in [0.5, 0.6) is 11.5 Å². The highest BCUT2D eigenvalue weighted by molar-refractivity contribution is 5.98. The summed E-state index contributed by atoms with van der Waals surface area (Å²) in [6, 6.07) is 9.91. The predicted octanol–water partition coefficient (Wildman–Crippen LogP) is 3.29. The van der Waals surface area contributed by atoms with Crippen LogP contribution in [0.4, 0.5) is 5.69 Å². The van der Waals surface area contributed by atoms with Crippen molar-refractivity contribution in [2.24, 2.45) is 5.73 Å². The lowest BCUT2D eigenvalue weighted by Gasteiger charge is -2.13. The molecule has 21 heavy (non-hydrogen) atoms. The molecule has 108 valence electrons. The Kier molecular flexibility index (Phi) is 3.89. The number of ether oxygens (including phenoxy) is 1. The first-order chi connectivity index (χ1) is 9.90. The molecule has 2 aromatic rings. The minimum Gasteiger partial charge on any atom is -0.449 e. The molecular weight excluding hydrogens is 270 g/mol. The summed E-state index contributed by atoms with van der Waals surface area (Å²) >= 11 is 0. The standard InChI is InChI=1S/C15H15N3O3/c1-9-6-7-13(12(8-9)18(19)20)21-14-10(2)4-3-5-11(14)15(16)17/h3-8H,1-2H3,(H3,16,17). The van der Waals surface area contributed by atoms with Crippen LogP contribution >= 0.6 is 0 Å². The van der Waals surface area contributed by atoms with E-state index < -0.39 is 4.92 Å². The molecule has 6 nitrogen and oxygen atoms in total. The van der Waals surface area contributed by atoms with Gasteiger partial charge in [0.1, 0.15) is 11.6 Å². The van der Waals surface area contributed by atoms with Crippen molar-refractivity contribution in [3.8, 4) is 11.5 Å². The Hall–Kier alpha value is -2.89. The molecule has 0 saturated heterocycles. The van der Waals surface area contributed by atoms with Gasteiger partial charge in [0.25, 0.3) is 0 Å². The molecule has 0 aliphatic heterocycles. The Morgan fingerprint density at radius 2 is 2.00 bits per heavy atom. The molecule has 0 fully saturated rings. The molecular formula is C15H15N3O3. The van der Waals surface area contributed by atoms with Crippen LogP contribution in [0.1, 0.15) is 16.7 Å². The molecule has 0 aliphatic rings. The average Bonchev–Trinajstić information content (AvgIpc) is 2.42. The summed E-state index contributed by atoms with van der Waals surface area (Å²) in [6.45, 7) is 3.56. The molecule has 2 aromatic carbocycles. The SMILES string of the molecule is Cc1ccc(Oc2c(C)cccc2C(=N)N)c([N+](=O)[O-])c1. The smallest absolute Gasteiger partial charge is 0.311 e. The molecule has 3 N–H and O–H groups in total. The number of hydrogen-bond donors (Lipinski definition) is 2. The molecule has 0 radical (unpaired) electrons. The Labute approximate surface area is 121 Å². The molecule has 0 spiro atoms. The van der Waals surface area contributed by atoms with Gasteiger partial charge in [0.05, 0.1) is 10.5 Å². The van der Waals surface area contributed by atoms with Crippen molar-refractivity contribution in [3.05, 3.63) is 63.2 Å². The van der Waals surface area contributed by atoms with Crippen LogP contribution in [0.15, 0.2) is 36.4 Å². The van der Waals surface area contributed by atoms with Gasteiger partial charge in [0.15, 0.2) is 0 Å². The second-order valence-electron chi connectivity index (χ2n) is 4.70. The number of hydrogen-bond acceptors (Lipinski definition) is 4. The Morgan fingerprint density at radius 1 is 1.29 bits per heavy atom. The third-order valence-corrected chi connectivity index (χ3v) is 3.03. The fourth-order valence-corrected chi connectivity index (χ4v) is 1.97. The molecule has 0 atom stereocenters. The zero-order valence-corrected chi connectivity index (χ0v) is 11.7. The number of amidine groups is 1. The van der Waals surface area contributed by atoms with Gasteiger partial charge in [0.2, 0.25) is 5.75 Å². The number of benzene rings is 2. The lowest BCUT2D eigenvalue weighted by Crippen LogP contribution is -2.13. The summed E-state index contributed by atoms with van der Waals surface area (Å²) < 4.78 is 5.69. The minimum absolute atomic E-state index is 0.118. The van der Waals surface area contributed by atoms with Crippen LogP contribution in [0.3, 0.4) is 0 Å². The van der Waals surface area contributed by atoms with Crippen LogP contribution in [0.25, 0.3) is 0 Å². The van der Waals surface area contributed by atoms with E-state index in [-0.39, 0.29) is 17.3 Å². The number of rotatable bonds is 4. The second-order valence-corrected chi connectivity index (χ2v) is 4.70. The van der Waals surface area contributed by atoms with Gasteiger partial charge in [0, 0.05) is 6.07 Å². The van der Waals surface area contributed by atoms with Gasteiger partial charge in [-0.15, -0.1) is 0 Å². The number of para-hydroxylation sites is 1. The van der Waals surface area contributed by atoms with Crippen molar-refractivity contribution in [2.75, 3.05) is 0 Å². The monoisotopic (exact) mass is 285 g/mol. The minimum atomic E-state index is -0.492. The van der Waals surface area contributed by atoms with E-state index in [1.165, 1.54) is 6.07 Å². The van der Waals surface area contributed by atoms with E-state index in [1.54, 1.807) is 44.2 Å². The van der Waals surface area contributed by atoms with Crippen molar-refractivity contribution in [1.29, 1.82) is 5.41 Å². The maximum atomic E-state index is 11.1. The van der Waals surface area contributed by atoms with Gasteiger partial charge in [-0.2, -0.15) is 0 Å². The molecule has 0 amide bonds. The molecule has 0 saturated carbocycles. The first-order valence-corrected chi connectivity index (χ1v) is 6.27. The quantitative estimate of drug-likeness (QED) is 0.389. The van der Waals surface area contributed by atoms with E-state index >= 15 is 0 Å². The van der Waals surface area contributed by atoms with Crippen LogP contribution in [0, 0.1) is 29.4 Å². The van der Waals surface area contributed by atoms with E-state index in [2.05, 4.69) is 0 Å². The highest BCUT2D eigenvalue weighted by atomic mass is 16.6. The molecule has 0 aromatic heterocycles. The first kappa shape index (κ1) is 14.5. The second kappa shape index (κ2) is 5.62. The Morgan fingerprint density at radius 3 is 2.62 bits per heavy atom. The van der Waals surface area contributed by atoms with Crippen LogP contribution < -0.4 is 10.5 Å². The molecule has 2 rings (SSSR count). The maximum absolute atomic E-state index is 11.1. The summed E-state index contributed by atoms with van der Waals surface area (Å²) in [5.41, 5.74) is 7.33. The van der Waals surface area contributed by atoms with Crippen molar-refractivity contribution in [3.63, 3.8) is 0 Å². The molecule has 6 heteroatoms. The van der Waals surface area contributed by atoms with Crippen molar-refractivity contribution in [2.45, 2.75) is 13.8 Å². The number of nitrogens with two attached hydrogens (primary N) is 1. The van der Waals surface area contributed by atoms with Gasteiger partial charge < -0.3 is 10.5 Å². The predicted molar refractivity (Wildman–Crippen MR) is 80.1 cm³/mol. The summed E-state index contributed by atoms with van der Waals surface area (Å²) in [5.74, 6) is 0.336. The zero-order chi connectivity index (χ0) is 15.6. The lowest BCUT2D eigenvalue weighted by atomic mass is 10.1. The fourth-order valence-electron chi connectivity index (χ4n) is 1.97. The van der Waals surface area contributed by atoms with Crippen LogP contribution in [-0.4, -0.2) is 10.8 Å². The van der Waals surface area contributed by atoms with E-state index in [0.29, 0.717) is 11.3 Å². The molecule has 0 aliphatic carbocycles. The number of nitro benzene ring substituents is 1. The van der Waals surface area contributed by atoms with Crippen LogP contribution in [0.2, 0.25) is 0 Å². The van der Waals surface area contributed by atoms with E-state index in [9.17, 15) is 10.1 Å². The van der Waals surface area contributed by atoms with E-state index in [1.807, 2.05) is 0 Å². The number of nitrogen functional groups attached to an aromatic ring is 1. The number of nitrogens with one attached hydrogen (secondary N) is 1. The summed E-state index contributed by atoms with van der Waals surface area (Å²) in [5, 5.41) is 18.7. The Bertz CT molecular complexity index is 726. The third-order valence-electron chi connectivity index (χ3n) is 3.03. The van der Waals surface area contributed by atoms with Gasteiger partial charge in [-0.05, 0) is 37.1 Å². The van der Waals surface area contributed by atoms with Crippen molar-refractivity contribution >= 4 is 11.5 Å². The topological polar surface area (TPSA) is 102 Å². The normalized spacial score (nSPS) is 10.2. The molecule has 0 bridgehead atoms. The number of nitro groups is 1. The Balaban J connectivity index is 2.53. The lowest BCUT2D eigenvalue weighted by molar-refractivity contribution is -0.385. The number of nitrogens with zero attached hydrogens (tertiary/aromatic N) is 1. The maximum Gasteiger partial charge on any atom is 0.311 e. The van der Waals surface area contributed by atoms with Gasteiger partial charge >= 0.3 is 5.69 Å². The highest BCUT2D eigenvalue weighted by Crippen LogP contribution is 2.35. The van der Waals surface area contributed by atoms with Gasteiger partial charge in [-0.3, -0.25) is 15.5 Å².